The maximum absolute atomic E-state index is 11.2. The quantitative estimate of drug-likeness (QED) is 0.765. The number of carbonyl (C=O) groups is 1. The largest absolute Gasteiger partial charge is 0.371 e. The van der Waals surface area contributed by atoms with Crippen LogP contribution in [0.5, 0.6) is 0 Å². The lowest BCUT2D eigenvalue weighted by Gasteiger charge is -2.40. The molecule has 3 heteroatoms. The van der Waals surface area contributed by atoms with Crippen LogP contribution in [-0.4, -0.2) is 19.4 Å². The van der Waals surface area contributed by atoms with E-state index in [1.54, 1.807) is 6.07 Å². The van der Waals surface area contributed by atoms with Gasteiger partial charge in [0.05, 0.1) is 10.6 Å². The van der Waals surface area contributed by atoms with E-state index in [2.05, 4.69) is 18.7 Å². The number of aldehydes is 1. The third-order valence-electron chi connectivity index (χ3n) is 4.31. The summed E-state index contributed by atoms with van der Waals surface area (Å²) < 4.78 is 0. The van der Waals surface area contributed by atoms with Crippen LogP contribution in [0.25, 0.3) is 0 Å². The van der Waals surface area contributed by atoms with E-state index in [-0.39, 0.29) is 0 Å². The fraction of sp³-hybridized carbons (Fsp3) is 0.533. The van der Waals surface area contributed by atoms with Gasteiger partial charge in [-0.2, -0.15) is 0 Å². The highest BCUT2D eigenvalue weighted by atomic mass is 35.5. The Balaban J connectivity index is 2.20. The molecule has 0 spiro atoms. The van der Waals surface area contributed by atoms with Crippen LogP contribution in [0.3, 0.4) is 0 Å². The Labute approximate surface area is 114 Å². The van der Waals surface area contributed by atoms with E-state index < -0.39 is 0 Å². The average Bonchev–Trinajstić information content (AvgIpc) is 2.39. The van der Waals surface area contributed by atoms with Crippen molar-refractivity contribution < 1.29 is 4.79 Å². The van der Waals surface area contributed by atoms with Crippen molar-refractivity contribution in [3.63, 3.8) is 0 Å². The molecule has 0 unspecified atom stereocenters. The first kappa shape index (κ1) is 13.4. The highest BCUT2D eigenvalue weighted by molar-refractivity contribution is 6.33. The molecule has 0 aliphatic carbocycles. The van der Waals surface area contributed by atoms with Crippen LogP contribution < -0.4 is 4.90 Å². The highest BCUT2D eigenvalue weighted by Crippen LogP contribution is 2.37. The third kappa shape index (κ3) is 2.54. The number of halogens is 1. The smallest absolute Gasteiger partial charge is 0.153 e. The van der Waals surface area contributed by atoms with Crippen molar-refractivity contribution >= 4 is 23.6 Å². The number of carbonyl (C=O) groups excluding carboxylic acids is 1. The SMILES string of the molecule is CCC1(C)CCN(c2cccc(Cl)c2C=O)CC1. The maximum Gasteiger partial charge on any atom is 0.153 e. The Hall–Kier alpha value is -1.02. The molecular weight excluding hydrogens is 246 g/mol. The summed E-state index contributed by atoms with van der Waals surface area (Å²) in [6.07, 6.45) is 4.44. The minimum atomic E-state index is 0.455. The second-order valence-electron chi connectivity index (χ2n) is 5.44. The molecule has 98 valence electrons. The number of piperidine rings is 1. The van der Waals surface area contributed by atoms with Crippen LogP contribution in [0.15, 0.2) is 18.2 Å². The first-order valence-corrected chi connectivity index (χ1v) is 6.96. The molecule has 18 heavy (non-hydrogen) atoms. The maximum atomic E-state index is 11.2. The molecule has 0 saturated carbocycles. The van der Waals surface area contributed by atoms with Crippen molar-refractivity contribution in [3.8, 4) is 0 Å². The lowest BCUT2D eigenvalue weighted by molar-refractivity contribution is 0.112. The van der Waals surface area contributed by atoms with Gasteiger partial charge in [0, 0.05) is 18.8 Å². The van der Waals surface area contributed by atoms with Gasteiger partial charge in [-0.25, -0.2) is 0 Å². The van der Waals surface area contributed by atoms with E-state index in [1.807, 2.05) is 12.1 Å². The molecule has 1 aliphatic heterocycles. The van der Waals surface area contributed by atoms with Crippen LogP contribution in [0, 0.1) is 5.41 Å². The second kappa shape index (κ2) is 5.31. The van der Waals surface area contributed by atoms with Gasteiger partial charge in [0.15, 0.2) is 6.29 Å². The van der Waals surface area contributed by atoms with Crippen LogP contribution in [-0.2, 0) is 0 Å². The normalized spacial score (nSPS) is 18.7. The Morgan fingerprint density at radius 3 is 2.61 bits per heavy atom. The predicted molar refractivity (Wildman–Crippen MR) is 76.7 cm³/mol. The van der Waals surface area contributed by atoms with Crippen molar-refractivity contribution in [1.82, 2.24) is 0 Å². The van der Waals surface area contributed by atoms with Gasteiger partial charge >= 0.3 is 0 Å². The molecule has 1 aromatic carbocycles. The highest BCUT2D eigenvalue weighted by Gasteiger charge is 2.29. The zero-order valence-corrected chi connectivity index (χ0v) is 11.8. The van der Waals surface area contributed by atoms with E-state index in [9.17, 15) is 4.79 Å². The summed E-state index contributed by atoms with van der Waals surface area (Å²) >= 11 is 6.07. The van der Waals surface area contributed by atoms with E-state index in [1.165, 1.54) is 19.3 Å². The van der Waals surface area contributed by atoms with Gasteiger partial charge in [0.2, 0.25) is 0 Å². The van der Waals surface area contributed by atoms with Crippen molar-refractivity contribution in [3.05, 3.63) is 28.8 Å². The molecule has 0 radical (unpaired) electrons. The fourth-order valence-corrected chi connectivity index (χ4v) is 2.77. The number of anilines is 1. The molecular formula is C15H20ClNO. The molecule has 0 bridgehead atoms. The Kier molecular flexibility index (Phi) is 3.96. The molecule has 2 rings (SSSR count). The van der Waals surface area contributed by atoms with Gasteiger partial charge in [-0.05, 0) is 30.4 Å². The number of hydrogen-bond donors (Lipinski definition) is 0. The molecule has 1 aromatic rings. The molecule has 1 heterocycles. The Bertz CT molecular complexity index is 436. The van der Waals surface area contributed by atoms with E-state index >= 15 is 0 Å². The van der Waals surface area contributed by atoms with E-state index in [0.29, 0.717) is 16.0 Å². The van der Waals surface area contributed by atoms with Crippen molar-refractivity contribution in [2.24, 2.45) is 5.41 Å². The summed E-state index contributed by atoms with van der Waals surface area (Å²) in [7, 11) is 0. The molecule has 1 aliphatic rings. The Morgan fingerprint density at radius 2 is 2.06 bits per heavy atom. The summed E-state index contributed by atoms with van der Waals surface area (Å²) in [6.45, 7) is 6.62. The first-order chi connectivity index (χ1) is 8.59. The minimum absolute atomic E-state index is 0.455. The van der Waals surface area contributed by atoms with Gasteiger partial charge in [-0.15, -0.1) is 0 Å². The summed E-state index contributed by atoms with van der Waals surface area (Å²) in [5.74, 6) is 0. The third-order valence-corrected chi connectivity index (χ3v) is 4.64. The van der Waals surface area contributed by atoms with E-state index in [0.717, 1.165) is 25.1 Å². The molecule has 2 nitrogen and oxygen atoms in total. The Morgan fingerprint density at radius 1 is 1.39 bits per heavy atom. The van der Waals surface area contributed by atoms with Gasteiger partial charge in [0.25, 0.3) is 0 Å². The van der Waals surface area contributed by atoms with Crippen LogP contribution in [0.1, 0.15) is 43.5 Å². The topological polar surface area (TPSA) is 20.3 Å². The van der Waals surface area contributed by atoms with Gasteiger partial charge in [-0.1, -0.05) is 37.9 Å². The summed E-state index contributed by atoms with van der Waals surface area (Å²) in [6, 6.07) is 5.68. The van der Waals surface area contributed by atoms with Gasteiger partial charge in [0.1, 0.15) is 0 Å². The first-order valence-electron chi connectivity index (χ1n) is 6.58. The van der Waals surface area contributed by atoms with Crippen LogP contribution in [0.4, 0.5) is 5.69 Å². The standard InChI is InChI=1S/C15H20ClNO/c1-3-15(2)7-9-17(10-8-15)14-6-4-5-13(16)12(14)11-18/h4-6,11H,3,7-10H2,1-2H3. The molecule has 0 atom stereocenters. The van der Waals surface area contributed by atoms with Crippen LogP contribution >= 0.6 is 11.6 Å². The minimum Gasteiger partial charge on any atom is -0.371 e. The van der Waals surface area contributed by atoms with Gasteiger partial charge < -0.3 is 4.90 Å². The number of nitrogens with zero attached hydrogens (tertiary/aromatic N) is 1. The summed E-state index contributed by atoms with van der Waals surface area (Å²) in [5, 5.41) is 0.548. The molecule has 0 amide bonds. The van der Waals surface area contributed by atoms with Crippen LogP contribution in [0.2, 0.25) is 5.02 Å². The molecule has 1 saturated heterocycles. The van der Waals surface area contributed by atoms with Crippen molar-refractivity contribution in [1.29, 1.82) is 0 Å². The van der Waals surface area contributed by atoms with Crippen molar-refractivity contribution in [2.45, 2.75) is 33.1 Å². The zero-order chi connectivity index (χ0) is 13.2. The molecule has 0 aromatic heterocycles. The lowest BCUT2D eigenvalue weighted by Crippen LogP contribution is -2.38. The number of benzene rings is 1. The monoisotopic (exact) mass is 265 g/mol. The van der Waals surface area contributed by atoms with Crippen molar-refractivity contribution in [2.75, 3.05) is 18.0 Å². The van der Waals surface area contributed by atoms with E-state index in [4.69, 9.17) is 11.6 Å². The summed E-state index contributed by atoms with van der Waals surface area (Å²) in [5.41, 5.74) is 2.06. The average molecular weight is 266 g/mol. The fourth-order valence-electron chi connectivity index (χ4n) is 2.56. The summed E-state index contributed by atoms with van der Waals surface area (Å²) in [4.78, 5) is 13.4. The number of rotatable bonds is 3. The lowest BCUT2D eigenvalue weighted by atomic mass is 9.78. The molecule has 1 fully saturated rings. The molecule has 0 N–H and O–H groups in total. The van der Waals surface area contributed by atoms with Gasteiger partial charge in [-0.3, -0.25) is 4.79 Å². The zero-order valence-electron chi connectivity index (χ0n) is 11.1. The second-order valence-corrected chi connectivity index (χ2v) is 5.85. The predicted octanol–water partition coefficient (Wildman–Crippen LogP) is 4.17. The number of hydrogen-bond acceptors (Lipinski definition) is 2.